The second kappa shape index (κ2) is 3.34. The van der Waals surface area contributed by atoms with E-state index in [-0.39, 0.29) is 4.70 Å². The lowest BCUT2D eigenvalue weighted by atomic mass is 10.2. The topological polar surface area (TPSA) is 3.24 Å². The van der Waals surface area contributed by atoms with Crippen LogP contribution in [0.15, 0.2) is 23.4 Å². The van der Waals surface area contributed by atoms with Crippen molar-refractivity contribution in [3.8, 4) is 0 Å². The van der Waals surface area contributed by atoms with Crippen LogP contribution in [0, 0.1) is 0 Å². The van der Waals surface area contributed by atoms with Crippen LogP contribution in [0.4, 0.5) is 9.19 Å². The third kappa shape index (κ3) is 1.83. The van der Waals surface area contributed by atoms with E-state index in [0.29, 0.717) is 12.2 Å². The predicted octanol–water partition coefficient (Wildman–Crippen LogP) is 2.19. The molecule has 58 valence electrons. The van der Waals surface area contributed by atoms with E-state index in [9.17, 15) is 4.48 Å². The Hall–Kier alpha value is -0.860. The molecule has 1 aliphatic heterocycles. The van der Waals surface area contributed by atoms with Crippen molar-refractivity contribution in [3.05, 3.63) is 23.4 Å². The second-order valence-corrected chi connectivity index (χ2v) is 2.28. The lowest BCUT2D eigenvalue weighted by molar-refractivity contribution is 0.0845. The molecular formula is C7H11F2N. The number of nitrogens with zero attached hydrogens (tertiary/aromatic N) is 1. The minimum Gasteiger partial charge on any atom is -0.269 e. The fourth-order valence-corrected chi connectivity index (χ4v) is 0.827. The van der Waals surface area contributed by atoms with Gasteiger partial charge in [0.25, 0.3) is 0 Å². The Morgan fingerprint density at radius 2 is 2.10 bits per heavy atom. The van der Waals surface area contributed by atoms with Crippen molar-refractivity contribution >= 4 is 0 Å². The summed E-state index contributed by atoms with van der Waals surface area (Å²) in [5.41, 5.74) is 1.83. The van der Waals surface area contributed by atoms with Gasteiger partial charge in [0.05, 0.1) is 6.54 Å². The fourth-order valence-electron chi connectivity index (χ4n) is 0.827. The lowest BCUT2D eigenvalue weighted by Gasteiger charge is -2.16. The van der Waals surface area contributed by atoms with Gasteiger partial charge in [-0.2, -0.15) is 0 Å². The summed E-state index contributed by atoms with van der Waals surface area (Å²) in [7, 11) is 0. The van der Waals surface area contributed by atoms with E-state index in [1.165, 1.54) is 0 Å². The van der Waals surface area contributed by atoms with Crippen molar-refractivity contribution in [1.29, 1.82) is 0 Å². The van der Waals surface area contributed by atoms with Crippen molar-refractivity contribution in [3.63, 3.8) is 0 Å². The van der Waals surface area contributed by atoms with Crippen LogP contribution in [0.3, 0.4) is 0 Å². The van der Waals surface area contributed by atoms with Crippen molar-refractivity contribution in [2.75, 3.05) is 6.54 Å². The molecule has 3 heteroatoms. The number of allylic oxidation sites excluding steroid dienone is 3. The molecule has 0 aromatic heterocycles. The van der Waals surface area contributed by atoms with Crippen molar-refractivity contribution < 1.29 is 9.19 Å². The Morgan fingerprint density at radius 1 is 1.50 bits per heavy atom. The number of hydrogen-bond donors (Lipinski definition) is 0. The molecule has 1 heterocycles. The Kier molecular flexibility index (Phi) is 3.06. The minimum absolute atomic E-state index is 0. The molecule has 0 N–H and O–H groups in total. The lowest BCUT2D eigenvalue weighted by Crippen LogP contribution is -2.13. The maximum Gasteiger partial charge on any atom is 0.0688 e. The molecular weight excluding hydrogens is 136 g/mol. The third-order valence-electron chi connectivity index (χ3n) is 1.39. The molecule has 0 saturated carbocycles. The Morgan fingerprint density at radius 3 is 2.50 bits per heavy atom. The molecule has 0 atom stereocenters. The molecule has 0 saturated heterocycles. The third-order valence-corrected chi connectivity index (χ3v) is 1.39. The highest BCUT2D eigenvalue weighted by Gasteiger charge is 2.05. The average molecular weight is 147 g/mol. The van der Waals surface area contributed by atoms with E-state index in [2.05, 4.69) is 0 Å². The zero-order valence-corrected chi connectivity index (χ0v) is 6.10. The molecule has 0 bridgehead atoms. The number of hydrogen-bond acceptors (Lipinski definition) is 1. The molecule has 0 unspecified atom stereocenters. The highest BCUT2D eigenvalue weighted by atomic mass is 19.2. The summed E-state index contributed by atoms with van der Waals surface area (Å²) < 4.78 is 12.5. The summed E-state index contributed by atoms with van der Waals surface area (Å²) in [4.78, 5) is 0. The summed E-state index contributed by atoms with van der Waals surface area (Å²) in [6, 6.07) is 0. The van der Waals surface area contributed by atoms with Crippen LogP contribution in [0.2, 0.25) is 0 Å². The van der Waals surface area contributed by atoms with Gasteiger partial charge in [0.15, 0.2) is 0 Å². The van der Waals surface area contributed by atoms with Gasteiger partial charge in [-0.3, -0.25) is 4.70 Å². The molecule has 0 aliphatic carbocycles. The normalized spacial score (nSPS) is 17.3. The van der Waals surface area contributed by atoms with Gasteiger partial charge in [-0.25, -0.2) is 5.12 Å². The van der Waals surface area contributed by atoms with E-state index in [1.807, 2.05) is 19.1 Å². The smallest absolute Gasteiger partial charge is 0.0688 e. The van der Waals surface area contributed by atoms with Gasteiger partial charge in [0, 0.05) is 5.70 Å². The van der Waals surface area contributed by atoms with Crippen LogP contribution in [0.5, 0.6) is 0 Å². The molecule has 0 fully saturated rings. The van der Waals surface area contributed by atoms with Gasteiger partial charge < -0.3 is 0 Å². The summed E-state index contributed by atoms with van der Waals surface area (Å²) >= 11 is 0. The molecule has 10 heavy (non-hydrogen) atoms. The molecule has 0 amide bonds. The monoisotopic (exact) mass is 147 g/mol. The quantitative estimate of drug-likeness (QED) is 0.475. The first-order valence-electron chi connectivity index (χ1n) is 2.98. The summed E-state index contributed by atoms with van der Waals surface area (Å²) in [5.74, 6) is 0. The standard InChI is InChI=1S/C7H10FN.FH/c1-6-3-4-9(8)7(2)5-6;/h3,5H,4H2,1-2H3;1H. The van der Waals surface area contributed by atoms with Gasteiger partial charge in [-0.1, -0.05) is 16.1 Å². The molecule has 1 aliphatic rings. The zero-order chi connectivity index (χ0) is 6.85. The maximum atomic E-state index is 12.5. The van der Waals surface area contributed by atoms with Gasteiger partial charge in [0.2, 0.25) is 0 Å². The molecule has 0 aromatic rings. The van der Waals surface area contributed by atoms with Crippen LogP contribution in [-0.2, 0) is 0 Å². The second-order valence-electron chi connectivity index (χ2n) is 2.28. The maximum absolute atomic E-state index is 12.5. The average Bonchev–Trinajstić information content (AvgIpc) is 1.80. The van der Waals surface area contributed by atoms with E-state index >= 15 is 0 Å². The Balaban J connectivity index is 0.000000810. The fraction of sp³-hybridized carbons (Fsp3) is 0.429. The largest absolute Gasteiger partial charge is 0.269 e. The molecule has 0 aromatic carbocycles. The minimum atomic E-state index is 0. The SMILES string of the molecule is CC1=CCN(F)C(C)=C1.F. The molecule has 0 radical (unpaired) electrons. The van der Waals surface area contributed by atoms with Crippen LogP contribution in [-0.4, -0.2) is 11.7 Å². The predicted molar refractivity (Wildman–Crippen MR) is 37.8 cm³/mol. The van der Waals surface area contributed by atoms with Crippen LogP contribution in [0.25, 0.3) is 0 Å². The van der Waals surface area contributed by atoms with Crippen molar-refractivity contribution in [1.82, 2.24) is 5.12 Å². The Bertz CT molecular complexity index is 172. The highest BCUT2D eigenvalue weighted by molar-refractivity contribution is 5.23. The van der Waals surface area contributed by atoms with E-state index < -0.39 is 0 Å². The number of rotatable bonds is 0. The Labute approximate surface area is 59.1 Å². The first-order chi connectivity index (χ1) is 4.20. The highest BCUT2D eigenvalue weighted by Crippen LogP contribution is 2.13. The number of halogens is 2. The van der Waals surface area contributed by atoms with Gasteiger partial charge in [-0.15, -0.1) is 0 Å². The molecule has 1 nitrogen and oxygen atoms in total. The van der Waals surface area contributed by atoms with Gasteiger partial charge >= 0.3 is 0 Å². The first kappa shape index (κ1) is 9.14. The molecule has 1 rings (SSSR count). The van der Waals surface area contributed by atoms with Gasteiger partial charge in [0.1, 0.15) is 0 Å². The summed E-state index contributed by atoms with van der Waals surface area (Å²) in [6.45, 7) is 4.13. The first-order valence-corrected chi connectivity index (χ1v) is 2.98. The summed E-state index contributed by atoms with van der Waals surface area (Å²) in [6.07, 6.45) is 3.68. The molecule has 0 spiro atoms. The van der Waals surface area contributed by atoms with E-state index in [0.717, 1.165) is 10.7 Å². The summed E-state index contributed by atoms with van der Waals surface area (Å²) in [5, 5.41) is 0.729. The van der Waals surface area contributed by atoms with Crippen molar-refractivity contribution in [2.45, 2.75) is 13.8 Å². The zero-order valence-electron chi connectivity index (χ0n) is 6.10. The van der Waals surface area contributed by atoms with Crippen LogP contribution >= 0.6 is 0 Å². The van der Waals surface area contributed by atoms with E-state index in [1.54, 1.807) is 6.92 Å². The van der Waals surface area contributed by atoms with Gasteiger partial charge in [-0.05, 0) is 19.9 Å². The van der Waals surface area contributed by atoms with Crippen molar-refractivity contribution in [2.24, 2.45) is 0 Å². The van der Waals surface area contributed by atoms with E-state index in [4.69, 9.17) is 0 Å². The van der Waals surface area contributed by atoms with Crippen LogP contribution in [0.1, 0.15) is 13.8 Å². The van der Waals surface area contributed by atoms with Crippen LogP contribution < -0.4 is 0 Å².